The Bertz CT molecular complexity index is 1910. The average molecular weight is 1270 g/mol. The third-order valence-corrected chi connectivity index (χ3v) is 17.2. The highest BCUT2D eigenvalue weighted by molar-refractivity contribution is 5.76. The quantitative estimate of drug-likeness (QED) is 0.0261. The molecule has 1 heterocycles. The highest BCUT2D eigenvalue weighted by Gasteiger charge is 2.44. The molecule has 9 nitrogen and oxygen atoms in total. The number of aliphatic hydroxyl groups is 5. The van der Waals surface area contributed by atoms with Gasteiger partial charge in [0.15, 0.2) is 6.29 Å². The van der Waals surface area contributed by atoms with Crippen molar-refractivity contribution in [3.05, 3.63) is 134 Å². The van der Waals surface area contributed by atoms with Gasteiger partial charge in [-0.1, -0.05) is 353 Å². The Balaban J connectivity index is 2.13. The molecule has 1 saturated heterocycles. The minimum absolute atomic E-state index is 0.183. The Labute approximate surface area is 560 Å². The van der Waals surface area contributed by atoms with Crippen molar-refractivity contribution in [2.75, 3.05) is 13.2 Å². The number of aliphatic hydroxyl groups excluding tert-OH is 5. The monoisotopic (exact) mass is 1270 g/mol. The molecule has 91 heavy (non-hydrogen) atoms. The molecule has 522 valence electrons. The van der Waals surface area contributed by atoms with Gasteiger partial charge < -0.3 is 40.3 Å². The van der Waals surface area contributed by atoms with Crippen LogP contribution in [0.3, 0.4) is 0 Å². The summed E-state index contributed by atoms with van der Waals surface area (Å²) < 4.78 is 11.3. The van der Waals surface area contributed by atoms with Gasteiger partial charge >= 0.3 is 0 Å². The Morgan fingerprint density at radius 1 is 0.385 bits per heavy atom. The third kappa shape index (κ3) is 57.5. The number of unbranched alkanes of at least 4 members (excludes halogenated alkanes) is 35. The van der Waals surface area contributed by atoms with E-state index >= 15 is 0 Å². The fraction of sp³-hybridized carbons (Fsp3) is 0.720. The number of ether oxygens (including phenoxy) is 2. The molecule has 0 bridgehead atoms. The van der Waals surface area contributed by atoms with E-state index in [0.29, 0.717) is 6.42 Å². The van der Waals surface area contributed by atoms with Gasteiger partial charge in [-0.25, -0.2) is 0 Å². The largest absolute Gasteiger partial charge is 0.394 e. The number of rotatable bonds is 65. The lowest BCUT2D eigenvalue weighted by atomic mass is 9.99. The molecule has 0 aromatic rings. The van der Waals surface area contributed by atoms with E-state index in [0.717, 1.165) is 116 Å². The molecule has 0 radical (unpaired) electrons. The van der Waals surface area contributed by atoms with Crippen LogP contribution in [0.2, 0.25) is 0 Å². The van der Waals surface area contributed by atoms with Gasteiger partial charge in [-0.05, 0) is 96.3 Å². The first kappa shape index (κ1) is 85.3. The first-order chi connectivity index (χ1) is 44.8. The minimum Gasteiger partial charge on any atom is -0.394 e. The lowest BCUT2D eigenvalue weighted by Crippen LogP contribution is -2.60. The molecule has 1 aliphatic rings. The molecule has 0 aromatic carbocycles. The molecular weight excluding hydrogens is 1130 g/mol. The number of amides is 1. The number of hydrogen-bond donors (Lipinski definition) is 6. The predicted molar refractivity (Wildman–Crippen MR) is 391 cm³/mol. The summed E-state index contributed by atoms with van der Waals surface area (Å²) in [5.74, 6) is -0.183. The van der Waals surface area contributed by atoms with Crippen molar-refractivity contribution in [1.82, 2.24) is 5.32 Å². The summed E-state index contributed by atoms with van der Waals surface area (Å²) in [6.07, 6.45) is 98.5. The normalized spacial score (nSPS) is 18.5. The molecule has 9 heteroatoms. The molecule has 1 fully saturated rings. The number of carbonyl (C=O) groups is 1. The van der Waals surface area contributed by atoms with Crippen molar-refractivity contribution in [2.45, 2.75) is 365 Å². The average Bonchev–Trinajstić information content (AvgIpc) is 1.58. The highest BCUT2D eigenvalue weighted by Crippen LogP contribution is 2.23. The molecule has 0 aliphatic carbocycles. The second-order valence-electron chi connectivity index (χ2n) is 25.7. The Morgan fingerprint density at radius 2 is 0.681 bits per heavy atom. The van der Waals surface area contributed by atoms with Gasteiger partial charge in [0.1, 0.15) is 24.4 Å². The Morgan fingerprint density at radius 3 is 1.01 bits per heavy atom. The van der Waals surface area contributed by atoms with Crippen LogP contribution in [0, 0.1) is 0 Å². The molecule has 0 aromatic heterocycles. The summed E-state index contributed by atoms with van der Waals surface area (Å²) in [7, 11) is 0. The number of hydrogen-bond acceptors (Lipinski definition) is 8. The minimum atomic E-state index is -1.58. The van der Waals surface area contributed by atoms with Gasteiger partial charge in [0.2, 0.25) is 5.91 Å². The number of carbonyl (C=O) groups excluding carboxylic acids is 1. The van der Waals surface area contributed by atoms with Crippen molar-refractivity contribution in [2.24, 2.45) is 0 Å². The van der Waals surface area contributed by atoms with Crippen molar-refractivity contribution >= 4 is 5.91 Å². The number of nitrogens with one attached hydrogen (secondary N) is 1. The summed E-state index contributed by atoms with van der Waals surface area (Å²) in [6, 6.07) is -0.818. The van der Waals surface area contributed by atoms with Crippen molar-refractivity contribution in [3.63, 3.8) is 0 Å². The zero-order chi connectivity index (χ0) is 65.7. The molecule has 1 rings (SSSR count). The Kier molecular flexibility index (Phi) is 64.9. The molecule has 6 N–H and O–H groups in total. The first-order valence-corrected chi connectivity index (χ1v) is 37.9. The third-order valence-electron chi connectivity index (χ3n) is 17.2. The second-order valence-corrected chi connectivity index (χ2v) is 25.7. The van der Waals surface area contributed by atoms with Crippen LogP contribution in [0.25, 0.3) is 0 Å². The smallest absolute Gasteiger partial charge is 0.220 e. The van der Waals surface area contributed by atoms with Crippen molar-refractivity contribution < 1.29 is 39.8 Å². The van der Waals surface area contributed by atoms with E-state index in [2.05, 4.69) is 141 Å². The summed E-state index contributed by atoms with van der Waals surface area (Å²) in [5, 5.41) is 54.9. The van der Waals surface area contributed by atoms with Gasteiger partial charge in [-0.3, -0.25) is 4.79 Å². The molecular formula is C82H141NO8. The van der Waals surface area contributed by atoms with E-state index in [1.54, 1.807) is 6.08 Å². The van der Waals surface area contributed by atoms with E-state index in [1.165, 1.54) is 186 Å². The van der Waals surface area contributed by atoms with E-state index in [9.17, 15) is 30.3 Å². The fourth-order valence-electron chi connectivity index (χ4n) is 11.4. The Hall–Kier alpha value is -3.67. The maximum atomic E-state index is 13.2. The maximum absolute atomic E-state index is 13.2. The maximum Gasteiger partial charge on any atom is 0.220 e. The molecule has 1 amide bonds. The lowest BCUT2D eigenvalue weighted by Gasteiger charge is -2.40. The van der Waals surface area contributed by atoms with Crippen LogP contribution in [0.4, 0.5) is 0 Å². The zero-order valence-corrected chi connectivity index (χ0v) is 58.6. The molecule has 0 spiro atoms. The van der Waals surface area contributed by atoms with Crippen LogP contribution in [-0.4, -0.2) is 87.5 Å². The summed E-state index contributed by atoms with van der Waals surface area (Å²) >= 11 is 0. The van der Waals surface area contributed by atoms with Crippen LogP contribution in [0.5, 0.6) is 0 Å². The van der Waals surface area contributed by atoms with E-state index in [1.807, 2.05) is 6.08 Å². The molecule has 1 aliphatic heterocycles. The van der Waals surface area contributed by atoms with Gasteiger partial charge in [-0.15, -0.1) is 0 Å². The van der Waals surface area contributed by atoms with Gasteiger partial charge in [0.05, 0.1) is 25.4 Å². The molecule has 0 saturated carbocycles. The summed E-state index contributed by atoms with van der Waals surface area (Å²) in [4.78, 5) is 13.2. The zero-order valence-electron chi connectivity index (χ0n) is 58.6. The van der Waals surface area contributed by atoms with Gasteiger partial charge in [0.25, 0.3) is 0 Å². The standard InChI is InChI=1S/C82H141NO8/c1-3-5-7-9-11-13-15-17-19-21-23-25-27-29-31-32-33-34-35-36-37-38-39-40-41-42-43-44-46-48-50-52-54-56-58-60-62-64-66-68-70-72-78(86)83-75(74-90-82-81(89)80(88)79(87)77(73-84)91-82)76(85)71-69-67-65-63-61-59-57-55-53-51-49-47-45-30-28-26-24-22-20-18-16-14-12-10-8-6-4-2/h5,7,11,13,17,19,23,25,29,31,33-34,36-37,39-40,42-43,46,48,69,71,75-77,79-82,84-85,87-89H,3-4,6,8-10,12,14-16,18,20-22,24,26-28,30,32,35,38,41,44-45,47,49-68,70,72-74H2,1-2H3,(H,83,86)/b7-5-,13-11-,19-17-,25-23-,31-29-,34-33-,37-36-,40-39-,43-42-,48-46-,71-69+. The lowest BCUT2D eigenvalue weighted by molar-refractivity contribution is -0.302. The highest BCUT2D eigenvalue weighted by atomic mass is 16.7. The van der Waals surface area contributed by atoms with E-state index in [-0.39, 0.29) is 12.5 Å². The van der Waals surface area contributed by atoms with Crippen molar-refractivity contribution in [3.8, 4) is 0 Å². The van der Waals surface area contributed by atoms with Crippen LogP contribution in [-0.2, 0) is 14.3 Å². The fourth-order valence-corrected chi connectivity index (χ4v) is 11.4. The number of allylic oxidation sites excluding steroid dienone is 21. The molecule has 7 unspecified atom stereocenters. The summed E-state index contributed by atoms with van der Waals surface area (Å²) in [6.45, 7) is 3.69. The van der Waals surface area contributed by atoms with Crippen LogP contribution >= 0.6 is 0 Å². The van der Waals surface area contributed by atoms with Crippen molar-refractivity contribution in [1.29, 1.82) is 0 Å². The van der Waals surface area contributed by atoms with E-state index in [4.69, 9.17) is 9.47 Å². The van der Waals surface area contributed by atoms with Crippen LogP contribution in [0.15, 0.2) is 134 Å². The SMILES string of the molecule is CC/C=C\C/C=C\C/C=C\C/C=C\C/C=C\C/C=C\C/C=C\C/C=C\C/C=C\C/C=C\CCCCCCCCCCCCC(=O)NC(COC1OC(CO)C(O)C(O)C1O)C(O)/C=C/CCCCCCCCCCCCCCCCCCCCCCCCCCC. The second kappa shape index (κ2) is 69.2. The predicted octanol–water partition coefficient (Wildman–Crippen LogP) is 21.5. The summed E-state index contributed by atoms with van der Waals surface area (Å²) in [5.41, 5.74) is 0. The molecule has 7 atom stereocenters. The van der Waals surface area contributed by atoms with E-state index < -0.39 is 49.5 Å². The first-order valence-electron chi connectivity index (χ1n) is 37.9. The van der Waals surface area contributed by atoms with Crippen LogP contribution < -0.4 is 5.32 Å². The van der Waals surface area contributed by atoms with Crippen LogP contribution in [0.1, 0.15) is 322 Å². The van der Waals surface area contributed by atoms with Gasteiger partial charge in [-0.2, -0.15) is 0 Å². The topological polar surface area (TPSA) is 149 Å². The van der Waals surface area contributed by atoms with Gasteiger partial charge in [0, 0.05) is 6.42 Å².